The molecule has 0 aliphatic heterocycles. The van der Waals surface area contributed by atoms with Crippen molar-refractivity contribution in [2.75, 3.05) is 39.3 Å². The van der Waals surface area contributed by atoms with Crippen molar-refractivity contribution in [3.8, 4) is 0 Å². The van der Waals surface area contributed by atoms with Crippen molar-refractivity contribution < 1.29 is 34.2 Å². The molecule has 3 unspecified atom stereocenters. The summed E-state index contributed by atoms with van der Waals surface area (Å²) in [6.45, 7) is 7.36. The predicted octanol–water partition coefficient (Wildman–Crippen LogP) is 0.545. The maximum absolute atomic E-state index is 12.0. The Morgan fingerprint density at radius 2 is 1.66 bits per heavy atom. The molecule has 8 nitrogen and oxygen atoms in total. The molecule has 29 heavy (non-hydrogen) atoms. The van der Waals surface area contributed by atoms with Crippen LogP contribution in [-0.4, -0.2) is 71.9 Å². The van der Waals surface area contributed by atoms with Crippen LogP contribution in [0.1, 0.15) is 52.9 Å². The van der Waals surface area contributed by atoms with Gasteiger partial charge in [-0.25, -0.2) is 0 Å². The molecule has 168 valence electrons. The Labute approximate surface area is 174 Å². The van der Waals surface area contributed by atoms with Gasteiger partial charge in [-0.1, -0.05) is 32.9 Å². The van der Waals surface area contributed by atoms with Crippen LogP contribution < -0.4 is 10.4 Å². The van der Waals surface area contributed by atoms with Crippen LogP contribution >= 0.6 is 0 Å². The quantitative estimate of drug-likeness (QED) is 0.236. The molecule has 0 aliphatic rings. The molecule has 0 fully saturated rings. The van der Waals surface area contributed by atoms with Gasteiger partial charge in [-0.2, -0.15) is 0 Å². The fraction of sp³-hybridized carbons (Fsp3) is 0.762. The van der Waals surface area contributed by atoms with Crippen LogP contribution in [0.5, 0.6) is 0 Å². The summed E-state index contributed by atoms with van der Waals surface area (Å²) in [7, 11) is 0. The molecular weight excluding hydrogens is 376 g/mol. The van der Waals surface area contributed by atoms with E-state index in [9.17, 15) is 24.6 Å². The summed E-state index contributed by atoms with van der Waals surface area (Å²) in [5.41, 5.74) is 0. The number of carboxylic acid groups (broad SMARTS) is 2. The molecular formula is C21H38N2O6. The highest BCUT2D eigenvalue weighted by atomic mass is 16.4. The minimum atomic E-state index is -1.13. The number of nitrogens with zero attached hydrogens (tertiary/aromatic N) is 1. The third-order valence-electron chi connectivity index (χ3n) is 5.32. The number of carbonyl (C=O) groups is 3. The standard InChI is InChI=1S/C21H38N2O6/c1-4-5-6-7-8-19(25)22-11-14-23(15-16-24,12-9-17(2)20(26)27)13-10-18(3)21(28)29/h5-6,17-18,24H,4,7-16H2,1-3H3,(H2-,22,25,26,27,28,29)/b6-5+. The topological polar surface area (TPSA) is 127 Å². The number of hydrogen-bond donors (Lipinski definition) is 3. The van der Waals surface area contributed by atoms with Gasteiger partial charge >= 0.3 is 5.97 Å². The zero-order chi connectivity index (χ0) is 22.3. The molecule has 0 spiro atoms. The van der Waals surface area contributed by atoms with Crippen molar-refractivity contribution in [3.05, 3.63) is 12.2 Å². The van der Waals surface area contributed by atoms with Crippen LogP contribution in [0, 0.1) is 11.8 Å². The van der Waals surface area contributed by atoms with Gasteiger partial charge in [0.25, 0.3) is 0 Å². The minimum absolute atomic E-state index is 0.0603. The Hall–Kier alpha value is -1.93. The average molecular weight is 415 g/mol. The van der Waals surface area contributed by atoms with E-state index >= 15 is 0 Å². The molecule has 0 aromatic heterocycles. The van der Waals surface area contributed by atoms with Crippen LogP contribution in [-0.2, 0) is 14.4 Å². The number of aliphatic hydroxyl groups excluding tert-OH is 1. The molecule has 0 aromatic carbocycles. The van der Waals surface area contributed by atoms with Crippen molar-refractivity contribution in [2.24, 2.45) is 11.8 Å². The van der Waals surface area contributed by atoms with Gasteiger partial charge in [0.05, 0.1) is 38.7 Å². The summed E-state index contributed by atoms with van der Waals surface area (Å²) in [6, 6.07) is 0. The number of hydrogen-bond acceptors (Lipinski definition) is 5. The highest BCUT2D eigenvalue weighted by Gasteiger charge is 2.29. The van der Waals surface area contributed by atoms with E-state index in [2.05, 4.69) is 5.32 Å². The number of amides is 1. The smallest absolute Gasteiger partial charge is 0.306 e. The first kappa shape index (κ1) is 27.1. The number of nitrogens with one attached hydrogen (secondary N) is 1. The van der Waals surface area contributed by atoms with Crippen LogP contribution in [0.15, 0.2) is 12.2 Å². The highest BCUT2D eigenvalue weighted by molar-refractivity contribution is 5.75. The molecule has 0 rings (SSSR count). The molecule has 0 aromatic rings. The van der Waals surface area contributed by atoms with Gasteiger partial charge in [-0.3, -0.25) is 9.59 Å². The molecule has 0 saturated heterocycles. The van der Waals surface area contributed by atoms with E-state index in [0.717, 1.165) is 6.42 Å². The van der Waals surface area contributed by atoms with Crippen LogP contribution in [0.3, 0.4) is 0 Å². The number of allylic oxidation sites excluding steroid dienone is 2. The number of quaternary nitrogens is 1. The second kappa shape index (κ2) is 15.0. The van der Waals surface area contributed by atoms with E-state index in [1.54, 1.807) is 13.8 Å². The van der Waals surface area contributed by atoms with Gasteiger partial charge in [0, 0.05) is 31.1 Å². The molecule has 0 aliphatic carbocycles. The second-order valence-corrected chi connectivity index (χ2v) is 7.76. The van der Waals surface area contributed by atoms with E-state index in [1.807, 2.05) is 19.1 Å². The molecule has 0 saturated carbocycles. The summed E-state index contributed by atoms with van der Waals surface area (Å²) in [5, 5.41) is 32.7. The van der Waals surface area contributed by atoms with E-state index < -0.39 is 23.8 Å². The van der Waals surface area contributed by atoms with Crippen LogP contribution in [0.4, 0.5) is 0 Å². The number of rotatable bonds is 17. The summed E-state index contributed by atoms with van der Waals surface area (Å²) >= 11 is 0. The number of aliphatic hydroxyl groups is 1. The van der Waals surface area contributed by atoms with Gasteiger partial charge in [0.2, 0.25) is 5.91 Å². The Kier molecular flexibility index (Phi) is 14.0. The molecule has 8 heteroatoms. The summed E-state index contributed by atoms with van der Waals surface area (Å²) in [4.78, 5) is 34.2. The Morgan fingerprint density at radius 1 is 1.03 bits per heavy atom. The molecule has 0 heterocycles. The highest BCUT2D eigenvalue weighted by Crippen LogP contribution is 2.16. The van der Waals surface area contributed by atoms with E-state index in [0.29, 0.717) is 62.9 Å². The fourth-order valence-electron chi connectivity index (χ4n) is 3.08. The average Bonchev–Trinajstić information content (AvgIpc) is 2.67. The van der Waals surface area contributed by atoms with Gasteiger partial charge < -0.3 is 29.9 Å². The first-order valence-corrected chi connectivity index (χ1v) is 10.5. The van der Waals surface area contributed by atoms with Crippen molar-refractivity contribution in [1.29, 1.82) is 0 Å². The summed E-state index contributed by atoms with van der Waals surface area (Å²) in [6.07, 6.45) is 6.76. The number of carboxylic acids is 2. The third-order valence-corrected chi connectivity index (χ3v) is 5.32. The number of carbonyl (C=O) groups excluding carboxylic acids is 2. The van der Waals surface area contributed by atoms with Crippen LogP contribution in [0.25, 0.3) is 0 Å². The molecule has 3 N–H and O–H groups in total. The van der Waals surface area contributed by atoms with Gasteiger partial charge in [-0.15, -0.1) is 0 Å². The summed E-state index contributed by atoms with van der Waals surface area (Å²) in [5.74, 6) is -3.24. The Bertz CT molecular complexity index is 511. The summed E-state index contributed by atoms with van der Waals surface area (Å²) < 4.78 is 0.363. The Morgan fingerprint density at radius 3 is 2.17 bits per heavy atom. The lowest BCUT2D eigenvalue weighted by molar-refractivity contribution is -0.928. The van der Waals surface area contributed by atoms with Crippen molar-refractivity contribution in [3.63, 3.8) is 0 Å². The minimum Gasteiger partial charge on any atom is -0.550 e. The number of aliphatic carboxylic acids is 2. The van der Waals surface area contributed by atoms with Crippen molar-refractivity contribution in [2.45, 2.75) is 52.9 Å². The van der Waals surface area contributed by atoms with Gasteiger partial charge in [-0.05, 0) is 12.8 Å². The molecule has 0 bridgehead atoms. The largest absolute Gasteiger partial charge is 0.550 e. The van der Waals surface area contributed by atoms with Gasteiger partial charge in [0.15, 0.2) is 0 Å². The fourth-order valence-corrected chi connectivity index (χ4v) is 3.08. The maximum atomic E-state index is 12.0. The third kappa shape index (κ3) is 12.3. The van der Waals surface area contributed by atoms with E-state index in [4.69, 9.17) is 5.11 Å². The molecule has 3 atom stereocenters. The molecule has 1 amide bonds. The monoisotopic (exact) mass is 414 g/mol. The normalized spacial score (nSPS) is 15.6. The Balaban J connectivity index is 4.95. The SMILES string of the molecule is CC/C=C/CCC(=O)NCC[N+](CCO)(CCC(C)C(=O)[O-])CCC(C)C(=O)O. The lowest BCUT2D eigenvalue weighted by Crippen LogP contribution is -2.55. The maximum Gasteiger partial charge on any atom is 0.306 e. The first-order valence-electron chi connectivity index (χ1n) is 10.5. The zero-order valence-corrected chi connectivity index (χ0v) is 18.1. The van der Waals surface area contributed by atoms with Crippen molar-refractivity contribution >= 4 is 17.8 Å². The second-order valence-electron chi connectivity index (χ2n) is 7.76. The zero-order valence-electron chi connectivity index (χ0n) is 18.1. The van der Waals surface area contributed by atoms with Crippen LogP contribution in [0.2, 0.25) is 0 Å². The van der Waals surface area contributed by atoms with E-state index in [1.165, 1.54) is 0 Å². The lowest BCUT2D eigenvalue weighted by atomic mass is 10.0. The predicted molar refractivity (Wildman–Crippen MR) is 109 cm³/mol. The lowest BCUT2D eigenvalue weighted by Gasteiger charge is -2.40. The van der Waals surface area contributed by atoms with Gasteiger partial charge in [0.1, 0.15) is 6.54 Å². The van der Waals surface area contributed by atoms with Crippen molar-refractivity contribution in [1.82, 2.24) is 5.32 Å². The molecule has 0 radical (unpaired) electrons. The van der Waals surface area contributed by atoms with E-state index in [-0.39, 0.29) is 12.5 Å². The first-order chi connectivity index (χ1) is 13.7.